The molecule has 1 aliphatic heterocycles. The van der Waals surface area contributed by atoms with Crippen molar-refractivity contribution >= 4 is 11.8 Å². The topological polar surface area (TPSA) is 74.0 Å². The number of hydrogen-bond donors (Lipinski definition) is 1. The number of amides is 1. The van der Waals surface area contributed by atoms with E-state index in [0.29, 0.717) is 32.1 Å². The molecule has 0 aromatic heterocycles. The van der Waals surface area contributed by atoms with Crippen molar-refractivity contribution in [3.8, 4) is 5.75 Å². The van der Waals surface area contributed by atoms with Gasteiger partial charge < -0.3 is 24.8 Å². The van der Waals surface area contributed by atoms with Crippen molar-refractivity contribution in [2.75, 3.05) is 25.6 Å². The normalized spacial score (nSPS) is 15.7. The molecular formula is C19H30N2O4. The molecule has 1 amide bonds. The third-order valence-electron chi connectivity index (χ3n) is 3.98. The zero-order valence-corrected chi connectivity index (χ0v) is 15.7. The third-order valence-corrected chi connectivity index (χ3v) is 3.98. The third kappa shape index (κ3) is 5.81. The van der Waals surface area contributed by atoms with Gasteiger partial charge in [0.25, 0.3) is 0 Å². The molecule has 6 heteroatoms. The number of anilines is 1. The van der Waals surface area contributed by atoms with Crippen LogP contribution >= 0.6 is 0 Å². The summed E-state index contributed by atoms with van der Waals surface area (Å²) in [5.74, 6) is 0.748. The van der Waals surface area contributed by atoms with Crippen LogP contribution in [0.4, 0.5) is 10.5 Å². The van der Waals surface area contributed by atoms with Gasteiger partial charge in [-0.1, -0.05) is 0 Å². The van der Waals surface area contributed by atoms with Gasteiger partial charge in [-0.25, -0.2) is 4.79 Å². The van der Waals surface area contributed by atoms with Crippen LogP contribution in [0.5, 0.6) is 5.75 Å². The predicted octanol–water partition coefficient (Wildman–Crippen LogP) is 3.58. The largest absolute Gasteiger partial charge is 0.494 e. The number of rotatable bonds is 5. The number of carbonyl (C=O) groups excluding carboxylic acids is 1. The van der Waals surface area contributed by atoms with Gasteiger partial charge in [-0.05, 0) is 58.7 Å². The summed E-state index contributed by atoms with van der Waals surface area (Å²) in [4.78, 5) is 14.6. The van der Waals surface area contributed by atoms with E-state index in [4.69, 9.17) is 19.9 Å². The van der Waals surface area contributed by atoms with E-state index in [0.717, 1.165) is 24.2 Å². The van der Waals surface area contributed by atoms with Gasteiger partial charge in [-0.2, -0.15) is 0 Å². The Balaban J connectivity index is 2.26. The quantitative estimate of drug-likeness (QED) is 0.822. The average molecular weight is 350 g/mol. The molecular weight excluding hydrogens is 320 g/mol. The molecule has 0 aliphatic carbocycles. The van der Waals surface area contributed by atoms with Gasteiger partial charge in [0.1, 0.15) is 11.4 Å². The monoisotopic (exact) mass is 350 g/mol. The van der Waals surface area contributed by atoms with E-state index in [2.05, 4.69) is 0 Å². The molecule has 2 rings (SSSR count). The fourth-order valence-electron chi connectivity index (χ4n) is 2.86. The molecule has 0 radical (unpaired) electrons. The van der Waals surface area contributed by atoms with Crippen LogP contribution in [-0.2, 0) is 16.0 Å². The van der Waals surface area contributed by atoms with Gasteiger partial charge in [0.15, 0.2) is 0 Å². The first kappa shape index (κ1) is 19.4. The fourth-order valence-corrected chi connectivity index (χ4v) is 2.86. The maximum absolute atomic E-state index is 12.8. The number of ether oxygens (including phenoxy) is 3. The highest BCUT2D eigenvalue weighted by Gasteiger charge is 2.30. The van der Waals surface area contributed by atoms with Crippen LogP contribution in [0, 0.1) is 0 Å². The summed E-state index contributed by atoms with van der Waals surface area (Å²) in [7, 11) is 0. The number of benzene rings is 1. The summed E-state index contributed by atoms with van der Waals surface area (Å²) in [6.07, 6.45) is 1.28. The summed E-state index contributed by atoms with van der Waals surface area (Å²) in [6.45, 7) is 9.82. The van der Waals surface area contributed by atoms with Crippen molar-refractivity contribution < 1.29 is 19.0 Å². The van der Waals surface area contributed by atoms with Crippen molar-refractivity contribution in [1.29, 1.82) is 0 Å². The van der Waals surface area contributed by atoms with Crippen molar-refractivity contribution in [1.82, 2.24) is 4.90 Å². The lowest BCUT2D eigenvalue weighted by Gasteiger charge is -2.35. The first-order valence-electron chi connectivity index (χ1n) is 8.88. The standard InChI is InChI=1S/C19H30N2O4/c1-5-24-17-7-6-15(20)12-14(17)13-21(16-8-10-23-11-9-16)18(22)25-19(2,3)4/h6-7,12,16H,5,8-11,13,20H2,1-4H3. The number of nitrogens with zero attached hydrogens (tertiary/aromatic N) is 1. The zero-order valence-electron chi connectivity index (χ0n) is 15.7. The van der Waals surface area contributed by atoms with Gasteiger partial charge >= 0.3 is 6.09 Å². The van der Waals surface area contributed by atoms with Crippen LogP contribution in [0.2, 0.25) is 0 Å². The highest BCUT2D eigenvalue weighted by Crippen LogP contribution is 2.27. The van der Waals surface area contributed by atoms with Crippen LogP contribution in [0.15, 0.2) is 18.2 Å². The first-order chi connectivity index (χ1) is 11.8. The molecule has 140 valence electrons. The molecule has 25 heavy (non-hydrogen) atoms. The van der Waals surface area contributed by atoms with E-state index in [1.54, 1.807) is 11.0 Å². The van der Waals surface area contributed by atoms with Gasteiger partial charge in [0, 0.05) is 30.5 Å². The molecule has 1 aromatic rings. The van der Waals surface area contributed by atoms with Crippen molar-refractivity contribution in [3.63, 3.8) is 0 Å². The average Bonchev–Trinajstić information content (AvgIpc) is 2.54. The van der Waals surface area contributed by atoms with E-state index in [1.807, 2.05) is 39.8 Å². The van der Waals surface area contributed by atoms with Gasteiger partial charge in [-0.3, -0.25) is 0 Å². The van der Waals surface area contributed by atoms with E-state index >= 15 is 0 Å². The number of hydrogen-bond acceptors (Lipinski definition) is 5. The Hall–Kier alpha value is -1.95. The number of carbonyl (C=O) groups is 1. The Morgan fingerprint density at radius 2 is 2.00 bits per heavy atom. The SMILES string of the molecule is CCOc1ccc(N)cc1CN(C(=O)OC(C)(C)C)C1CCOCC1. The molecule has 0 atom stereocenters. The number of nitrogens with two attached hydrogens (primary N) is 1. The summed E-state index contributed by atoms with van der Waals surface area (Å²) in [5.41, 5.74) is 6.94. The number of nitrogen functional groups attached to an aromatic ring is 1. The predicted molar refractivity (Wildman–Crippen MR) is 97.6 cm³/mol. The molecule has 0 bridgehead atoms. The molecule has 0 unspecified atom stereocenters. The fraction of sp³-hybridized carbons (Fsp3) is 0.632. The molecule has 1 heterocycles. The lowest BCUT2D eigenvalue weighted by molar-refractivity contribution is -0.00823. The Morgan fingerprint density at radius 1 is 1.32 bits per heavy atom. The Morgan fingerprint density at radius 3 is 2.60 bits per heavy atom. The van der Waals surface area contributed by atoms with Gasteiger partial charge in [-0.15, -0.1) is 0 Å². The molecule has 1 fully saturated rings. The summed E-state index contributed by atoms with van der Waals surface area (Å²) in [6, 6.07) is 5.60. The second-order valence-corrected chi connectivity index (χ2v) is 7.25. The molecule has 1 saturated heterocycles. The maximum atomic E-state index is 12.8. The minimum absolute atomic E-state index is 0.0829. The van der Waals surface area contributed by atoms with Crippen LogP contribution in [0.1, 0.15) is 46.1 Å². The van der Waals surface area contributed by atoms with E-state index in [1.165, 1.54) is 0 Å². The van der Waals surface area contributed by atoms with Gasteiger partial charge in [0.2, 0.25) is 0 Å². The second-order valence-electron chi connectivity index (χ2n) is 7.25. The highest BCUT2D eigenvalue weighted by molar-refractivity contribution is 5.69. The van der Waals surface area contributed by atoms with Crippen LogP contribution < -0.4 is 10.5 Å². The Bertz CT molecular complexity index is 577. The minimum atomic E-state index is -0.543. The zero-order chi connectivity index (χ0) is 18.4. The lowest BCUT2D eigenvalue weighted by Crippen LogP contribution is -2.45. The van der Waals surface area contributed by atoms with Crippen molar-refractivity contribution in [2.45, 2.75) is 58.7 Å². The van der Waals surface area contributed by atoms with Crippen LogP contribution in [0.3, 0.4) is 0 Å². The van der Waals surface area contributed by atoms with E-state index in [-0.39, 0.29) is 12.1 Å². The Labute approximate surface area is 150 Å². The molecule has 6 nitrogen and oxygen atoms in total. The van der Waals surface area contributed by atoms with E-state index in [9.17, 15) is 4.79 Å². The molecule has 1 aromatic carbocycles. The lowest BCUT2D eigenvalue weighted by atomic mass is 10.1. The summed E-state index contributed by atoms with van der Waals surface area (Å²) in [5, 5.41) is 0. The van der Waals surface area contributed by atoms with E-state index < -0.39 is 5.60 Å². The summed E-state index contributed by atoms with van der Waals surface area (Å²) < 4.78 is 16.8. The smallest absolute Gasteiger partial charge is 0.410 e. The molecule has 0 saturated carbocycles. The van der Waals surface area contributed by atoms with Crippen molar-refractivity contribution in [3.05, 3.63) is 23.8 Å². The van der Waals surface area contributed by atoms with Crippen molar-refractivity contribution in [2.24, 2.45) is 0 Å². The minimum Gasteiger partial charge on any atom is -0.494 e. The van der Waals surface area contributed by atoms with Crippen LogP contribution in [0.25, 0.3) is 0 Å². The highest BCUT2D eigenvalue weighted by atomic mass is 16.6. The first-order valence-corrected chi connectivity index (χ1v) is 8.88. The maximum Gasteiger partial charge on any atom is 0.410 e. The molecule has 0 spiro atoms. The summed E-state index contributed by atoms with van der Waals surface area (Å²) >= 11 is 0. The second kappa shape index (κ2) is 8.43. The van der Waals surface area contributed by atoms with Gasteiger partial charge in [0.05, 0.1) is 13.2 Å². The Kier molecular flexibility index (Phi) is 6.53. The molecule has 1 aliphatic rings. The van der Waals surface area contributed by atoms with Crippen LogP contribution in [-0.4, -0.2) is 42.5 Å². The molecule has 2 N–H and O–H groups in total.